The van der Waals surface area contributed by atoms with Gasteiger partial charge in [0.2, 0.25) is 12.3 Å². The second kappa shape index (κ2) is 24.2. The van der Waals surface area contributed by atoms with Crippen molar-refractivity contribution in [2.75, 3.05) is 51.0 Å². The third kappa shape index (κ3) is 17.8. The molecular formula is C30H40F6N6O4S2. The number of rotatable bonds is 7. The first-order valence-electron chi connectivity index (χ1n) is 13.9. The highest BCUT2D eigenvalue weighted by Crippen LogP contribution is 2.37. The van der Waals surface area contributed by atoms with Crippen LogP contribution in [0.1, 0.15) is 41.0 Å². The molecule has 0 bridgehead atoms. The number of esters is 1. The molecule has 10 nitrogen and oxygen atoms in total. The minimum Gasteiger partial charge on any atom is -0.464 e. The van der Waals surface area contributed by atoms with Crippen LogP contribution in [0.2, 0.25) is 0 Å². The summed E-state index contributed by atoms with van der Waals surface area (Å²) in [4.78, 5) is 38.1. The van der Waals surface area contributed by atoms with Crippen molar-refractivity contribution in [3.63, 3.8) is 0 Å². The van der Waals surface area contributed by atoms with Gasteiger partial charge in [-0.15, -0.1) is 0 Å². The third-order valence-corrected chi connectivity index (χ3v) is 5.38. The van der Waals surface area contributed by atoms with Crippen molar-refractivity contribution in [3.8, 4) is 5.82 Å². The number of carbonyl (C=O) groups is 3. The number of anilines is 2. The molecule has 4 rings (SSSR count). The number of pyridine rings is 1. The molecule has 0 atom stereocenters. The first-order chi connectivity index (χ1) is 22.7. The molecule has 0 aliphatic carbocycles. The van der Waals surface area contributed by atoms with Gasteiger partial charge in [0.15, 0.2) is 17.2 Å². The molecule has 0 unspecified atom stereocenters. The van der Waals surface area contributed by atoms with Crippen LogP contribution in [0.25, 0.3) is 5.82 Å². The third-order valence-electron chi connectivity index (χ3n) is 5.38. The Labute approximate surface area is 284 Å². The van der Waals surface area contributed by atoms with E-state index in [-0.39, 0.29) is 23.1 Å². The van der Waals surface area contributed by atoms with Gasteiger partial charge in [0.1, 0.15) is 0 Å². The number of alkyl halides is 6. The van der Waals surface area contributed by atoms with Crippen molar-refractivity contribution in [1.82, 2.24) is 25.0 Å². The molecule has 0 saturated carbocycles. The Hall–Kier alpha value is -3.93. The standard InChI is InChI=1S/C20H18F3N5O3.C5H9NO.2C2H6S.CHF3/c1-27(12-29)11-13-6-8-14(9-7-13)25-16-10-24-28(18(16)20(21,22)23)17-5-3-4-15(26-17)19(30)31-2;7-5-3-1-2-4-6-5;2*1-3-2;2-1(3)4/h3-10,12,25H,11H2,1-2H3;1-4H2,(H,6,7);2*1-2H3;1H. The molecule has 0 spiro atoms. The fraction of sp³-hybridized carbons (Fsp3) is 0.433. The van der Waals surface area contributed by atoms with Gasteiger partial charge in [-0.2, -0.15) is 55.0 Å². The van der Waals surface area contributed by atoms with Gasteiger partial charge >= 0.3 is 18.8 Å². The smallest absolute Gasteiger partial charge is 0.435 e. The maximum absolute atomic E-state index is 13.8. The minimum absolute atomic E-state index is 0.144. The average Bonchev–Trinajstić information content (AvgIpc) is 3.47. The molecule has 48 heavy (non-hydrogen) atoms. The summed E-state index contributed by atoms with van der Waals surface area (Å²) in [7, 11) is 2.77. The predicted molar refractivity (Wildman–Crippen MR) is 178 cm³/mol. The van der Waals surface area contributed by atoms with Crippen LogP contribution < -0.4 is 10.6 Å². The quantitative estimate of drug-likeness (QED) is 0.154. The van der Waals surface area contributed by atoms with Crippen LogP contribution in [0.4, 0.5) is 37.7 Å². The van der Waals surface area contributed by atoms with Gasteiger partial charge in [0.25, 0.3) is 0 Å². The number of nitrogens with one attached hydrogen (secondary N) is 2. The molecular weight excluding hydrogens is 686 g/mol. The second-order valence-electron chi connectivity index (χ2n) is 9.40. The highest BCUT2D eigenvalue weighted by molar-refractivity contribution is 7.98. The van der Waals surface area contributed by atoms with E-state index >= 15 is 0 Å². The maximum atomic E-state index is 13.8. The number of methoxy groups -OCH3 is 1. The summed E-state index contributed by atoms with van der Waals surface area (Å²) in [5.41, 5.74) is -0.286. The van der Waals surface area contributed by atoms with Gasteiger partial charge in [-0.25, -0.2) is 14.5 Å². The molecule has 1 aromatic carbocycles. The number of hydrogen-bond acceptors (Lipinski definition) is 9. The zero-order chi connectivity index (χ0) is 36.7. The summed E-state index contributed by atoms with van der Waals surface area (Å²) in [6.45, 7) is -2.41. The number of ether oxygens (including phenoxy) is 1. The van der Waals surface area contributed by atoms with Crippen LogP contribution in [0.3, 0.4) is 0 Å². The Kier molecular flexibility index (Phi) is 22.3. The van der Waals surface area contributed by atoms with E-state index in [1.807, 2.05) is 25.0 Å². The molecule has 2 amide bonds. The molecule has 1 aliphatic heterocycles. The van der Waals surface area contributed by atoms with Crippen LogP contribution in [0.15, 0.2) is 48.7 Å². The molecule has 1 saturated heterocycles. The summed E-state index contributed by atoms with van der Waals surface area (Å²) in [5.74, 6) is -0.747. The Morgan fingerprint density at radius 1 is 1.08 bits per heavy atom. The highest BCUT2D eigenvalue weighted by Gasteiger charge is 2.39. The number of nitrogens with zero attached hydrogens (tertiary/aromatic N) is 4. The van der Waals surface area contributed by atoms with E-state index < -0.39 is 24.5 Å². The largest absolute Gasteiger partial charge is 0.464 e. The Morgan fingerprint density at radius 3 is 2.10 bits per heavy atom. The van der Waals surface area contributed by atoms with Crippen molar-refractivity contribution in [3.05, 3.63) is 65.6 Å². The first-order valence-corrected chi connectivity index (χ1v) is 17.2. The zero-order valence-electron chi connectivity index (χ0n) is 27.3. The number of carbonyl (C=O) groups excluding carboxylic acids is 3. The van der Waals surface area contributed by atoms with Crippen LogP contribution in [-0.4, -0.2) is 90.4 Å². The van der Waals surface area contributed by atoms with Crippen LogP contribution in [-0.2, 0) is 27.0 Å². The summed E-state index contributed by atoms with van der Waals surface area (Å²) in [6.07, 6.45) is 8.09. The summed E-state index contributed by atoms with van der Waals surface area (Å²) < 4.78 is 75.7. The second-order valence-corrected chi connectivity index (χ2v) is 11.0. The van der Waals surface area contributed by atoms with Gasteiger partial charge in [0.05, 0.1) is 19.0 Å². The number of halogens is 6. The van der Waals surface area contributed by atoms with Gasteiger partial charge < -0.3 is 20.3 Å². The average molecular weight is 727 g/mol. The van der Waals surface area contributed by atoms with E-state index in [2.05, 4.69) is 25.5 Å². The van der Waals surface area contributed by atoms with Gasteiger partial charge in [-0.1, -0.05) is 18.2 Å². The molecule has 0 radical (unpaired) electrons. The summed E-state index contributed by atoms with van der Waals surface area (Å²) >= 11 is 3.50. The van der Waals surface area contributed by atoms with Crippen LogP contribution in [0.5, 0.6) is 0 Å². The van der Waals surface area contributed by atoms with Crippen molar-refractivity contribution < 1.29 is 45.5 Å². The highest BCUT2D eigenvalue weighted by atomic mass is 32.2. The fourth-order valence-electron chi connectivity index (χ4n) is 3.55. The lowest BCUT2D eigenvalue weighted by Gasteiger charge is -2.14. The van der Waals surface area contributed by atoms with E-state index in [0.29, 0.717) is 23.3 Å². The molecule has 18 heteroatoms. The summed E-state index contributed by atoms with van der Waals surface area (Å²) in [5, 5.41) is 9.27. The van der Waals surface area contributed by atoms with Crippen molar-refractivity contribution in [1.29, 1.82) is 0 Å². The van der Waals surface area contributed by atoms with Crippen molar-refractivity contribution >= 4 is 53.2 Å². The Bertz CT molecular complexity index is 1350. The number of aromatic nitrogens is 3. The zero-order valence-corrected chi connectivity index (χ0v) is 28.9. The van der Waals surface area contributed by atoms with E-state index in [9.17, 15) is 40.7 Å². The molecule has 2 aromatic heterocycles. The number of benzene rings is 1. The maximum Gasteiger partial charge on any atom is 0.435 e. The summed E-state index contributed by atoms with van der Waals surface area (Å²) in [6, 6.07) is 10.6. The molecule has 3 heterocycles. The topological polar surface area (TPSA) is 118 Å². The lowest BCUT2D eigenvalue weighted by atomic mass is 10.2. The minimum atomic E-state index is -4.76. The number of amides is 2. The van der Waals surface area contributed by atoms with E-state index in [1.54, 1.807) is 54.8 Å². The van der Waals surface area contributed by atoms with Gasteiger partial charge in [-0.05, 0) is 67.7 Å². The van der Waals surface area contributed by atoms with Gasteiger partial charge in [-0.3, -0.25) is 9.59 Å². The Morgan fingerprint density at radius 2 is 1.67 bits per heavy atom. The fourth-order valence-corrected chi connectivity index (χ4v) is 3.55. The first kappa shape index (κ1) is 44.1. The van der Waals surface area contributed by atoms with Crippen LogP contribution in [0, 0.1) is 0 Å². The lowest BCUT2D eigenvalue weighted by molar-refractivity contribution is -0.142. The molecule has 2 N–H and O–H groups in total. The number of piperidine rings is 1. The van der Waals surface area contributed by atoms with E-state index in [0.717, 1.165) is 44.7 Å². The normalized spacial score (nSPS) is 11.8. The van der Waals surface area contributed by atoms with E-state index in [1.165, 1.54) is 23.1 Å². The predicted octanol–water partition coefficient (Wildman–Crippen LogP) is 6.83. The van der Waals surface area contributed by atoms with Gasteiger partial charge in [0, 0.05) is 32.2 Å². The molecule has 3 aromatic rings. The van der Waals surface area contributed by atoms with Crippen molar-refractivity contribution in [2.45, 2.75) is 38.7 Å². The molecule has 1 fully saturated rings. The SMILES string of the molecule is COC(=O)c1cccc(-n2ncc(Nc3ccc(CN(C)C=O)cc3)c2C(F)(F)F)n1.CSC.CSC.FC(F)F.O=C1CCCCN1. The van der Waals surface area contributed by atoms with E-state index in [4.69, 9.17) is 0 Å². The Balaban J connectivity index is 0.00000107. The molecule has 268 valence electrons. The van der Waals surface area contributed by atoms with Crippen molar-refractivity contribution in [2.24, 2.45) is 0 Å². The monoisotopic (exact) mass is 726 g/mol. The molecule has 1 aliphatic rings. The lowest BCUT2D eigenvalue weighted by Crippen LogP contribution is -2.28. The van der Waals surface area contributed by atoms with Crippen LogP contribution >= 0.6 is 23.5 Å². The number of hydrogen-bond donors (Lipinski definition) is 2. The number of thioether (sulfide) groups is 2.